The van der Waals surface area contributed by atoms with E-state index in [1.807, 2.05) is 0 Å². The summed E-state index contributed by atoms with van der Waals surface area (Å²) in [5.74, 6) is 1.56. The largest absolute Gasteiger partial charge is 0.484 e. The van der Waals surface area contributed by atoms with Gasteiger partial charge in [-0.15, -0.1) is 0 Å². The van der Waals surface area contributed by atoms with Crippen LogP contribution in [0.5, 0.6) is 5.75 Å². The van der Waals surface area contributed by atoms with Crippen molar-refractivity contribution in [3.8, 4) is 5.75 Å². The number of nitrogens with zero attached hydrogens (tertiary/aromatic N) is 2. The van der Waals surface area contributed by atoms with E-state index in [9.17, 15) is 0 Å². The Labute approximate surface area is 104 Å². The molecular weight excluding hydrogens is 242 g/mol. The van der Waals surface area contributed by atoms with Gasteiger partial charge >= 0.3 is 0 Å². The summed E-state index contributed by atoms with van der Waals surface area (Å²) in [7, 11) is 0. The number of halogens is 1. The van der Waals surface area contributed by atoms with Crippen LogP contribution in [-0.2, 0) is 6.61 Å². The fraction of sp³-hybridized carbons (Fsp3) is 0.273. The number of aromatic nitrogens is 2. The van der Waals surface area contributed by atoms with Crippen molar-refractivity contribution in [2.75, 3.05) is 0 Å². The van der Waals surface area contributed by atoms with Crippen molar-refractivity contribution in [1.82, 2.24) is 10.1 Å². The van der Waals surface area contributed by atoms with E-state index in [0.717, 1.165) is 0 Å². The maximum atomic E-state index is 5.76. The highest BCUT2D eigenvalue weighted by Crippen LogP contribution is 2.16. The third kappa shape index (κ3) is 3.18. The summed E-state index contributed by atoms with van der Waals surface area (Å²) in [6.07, 6.45) is 0. The van der Waals surface area contributed by atoms with Gasteiger partial charge < -0.3 is 15.0 Å². The van der Waals surface area contributed by atoms with Gasteiger partial charge in [0.25, 0.3) is 5.89 Å². The van der Waals surface area contributed by atoms with Crippen LogP contribution in [0.3, 0.4) is 0 Å². The van der Waals surface area contributed by atoms with E-state index < -0.39 is 0 Å². The molecule has 0 radical (unpaired) electrons. The molecule has 6 heteroatoms. The highest BCUT2D eigenvalue weighted by Gasteiger charge is 2.10. The highest BCUT2D eigenvalue weighted by molar-refractivity contribution is 6.30. The average molecular weight is 254 g/mol. The molecule has 2 aromatic rings. The molecule has 0 aliphatic rings. The Morgan fingerprint density at radius 3 is 2.71 bits per heavy atom. The first-order valence-electron chi connectivity index (χ1n) is 5.11. The molecule has 0 aliphatic carbocycles. The van der Waals surface area contributed by atoms with E-state index in [4.69, 9.17) is 26.6 Å². The molecule has 17 heavy (non-hydrogen) atoms. The summed E-state index contributed by atoms with van der Waals surface area (Å²) >= 11 is 5.76. The SMILES string of the molecule is CC(N)c1noc(COc2ccc(Cl)cc2)n1. The molecule has 5 nitrogen and oxygen atoms in total. The molecular formula is C11H12ClN3O2. The Hall–Kier alpha value is -1.59. The molecule has 0 fully saturated rings. The van der Waals surface area contributed by atoms with E-state index in [2.05, 4.69) is 10.1 Å². The molecule has 1 atom stereocenters. The first-order chi connectivity index (χ1) is 8.15. The molecule has 1 aromatic carbocycles. The number of benzene rings is 1. The van der Waals surface area contributed by atoms with Gasteiger partial charge in [-0.3, -0.25) is 0 Å². The molecule has 0 saturated heterocycles. The maximum absolute atomic E-state index is 5.76. The normalized spacial score (nSPS) is 12.4. The lowest BCUT2D eigenvalue weighted by Gasteiger charge is -2.02. The fourth-order valence-corrected chi connectivity index (χ4v) is 1.31. The van der Waals surface area contributed by atoms with Crippen molar-refractivity contribution in [3.05, 3.63) is 41.0 Å². The van der Waals surface area contributed by atoms with Crippen LogP contribution in [0.25, 0.3) is 0 Å². The smallest absolute Gasteiger partial charge is 0.264 e. The van der Waals surface area contributed by atoms with Crippen LogP contribution in [0.15, 0.2) is 28.8 Å². The Morgan fingerprint density at radius 2 is 2.12 bits per heavy atom. The minimum absolute atomic E-state index is 0.210. The summed E-state index contributed by atoms with van der Waals surface area (Å²) in [5, 5.41) is 4.39. The molecule has 2 rings (SSSR count). The quantitative estimate of drug-likeness (QED) is 0.905. The summed E-state index contributed by atoms with van der Waals surface area (Å²) < 4.78 is 10.4. The van der Waals surface area contributed by atoms with Gasteiger partial charge in [0.15, 0.2) is 12.4 Å². The monoisotopic (exact) mass is 253 g/mol. The van der Waals surface area contributed by atoms with Crippen molar-refractivity contribution in [2.24, 2.45) is 5.73 Å². The zero-order valence-corrected chi connectivity index (χ0v) is 10.0. The molecule has 2 N–H and O–H groups in total. The molecule has 0 amide bonds. The number of hydrogen-bond donors (Lipinski definition) is 1. The van der Waals surface area contributed by atoms with Crippen LogP contribution >= 0.6 is 11.6 Å². The lowest BCUT2D eigenvalue weighted by Crippen LogP contribution is -2.07. The van der Waals surface area contributed by atoms with E-state index in [1.54, 1.807) is 31.2 Å². The summed E-state index contributed by atoms with van der Waals surface area (Å²) in [6.45, 7) is 2.00. The Kier molecular flexibility index (Phi) is 3.61. The minimum Gasteiger partial charge on any atom is -0.484 e. The van der Waals surface area contributed by atoms with Crippen LogP contribution in [0.2, 0.25) is 5.02 Å². The lowest BCUT2D eigenvalue weighted by molar-refractivity contribution is 0.242. The standard InChI is InChI=1S/C11H12ClN3O2/c1-7(13)11-14-10(17-15-11)6-16-9-4-2-8(12)3-5-9/h2-5,7H,6,13H2,1H3. The van der Waals surface area contributed by atoms with Crippen LogP contribution in [0.1, 0.15) is 24.7 Å². The second-order valence-electron chi connectivity index (χ2n) is 3.58. The molecule has 0 saturated carbocycles. The van der Waals surface area contributed by atoms with Crippen LogP contribution in [-0.4, -0.2) is 10.1 Å². The maximum Gasteiger partial charge on any atom is 0.264 e. The topological polar surface area (TPSA) is 74.2 Å². The third-order valence-electron chi connectivity index (χ3n) is 2.07. The molecule has 1 aromatic heterocycles. The fourth-order valence-electron chi connectivity index (χ4n) is 1.19. The molecule has 0 spiro atoms. The predicted molar refractivity (Wildman–Crippen MR) is 62.7 cm³/mol. The highest BCUT2D eigenvalue weighted by atomic mass is 35.5. The van der Waals surface area contributed by atoms with Crippen molar-refractivity contribution >= 4 is 11.6 Å². The molecule has 0 aliphatic heterocycles. The average Bonchev–Trinajstić information content (AvgIpc) is 2.77. The van der Waals surface area contributed by atoms with Crippen LogP contribution < -0.4 is 10.5 Å². The van der Waals surface area contributed by atoms with Gasteiger partial charge in [0, 0.05) is 5.02 Å². The van der Waals surface area contributed by atoms with Gasteiger partial charge in [0.2, 0.25) is 0 Å². The van der Waals surface area contributed by atoms with Crippen molar-refractivity contribution in [2.45, 2.75) is 19.6 Å². The second kappa shape index (κ2) is 5.16. The number of rotatable bonds is 4. The van der Waals surface area contributed by atoms with Gasteiger partial charge in [-0.05, 0) is 31.2 Å². The third-order valence-corrected chi connectivity index (χ3v) is 2.32. The Bertz CT molecular complexity index is 482. The molecule has 1 unspecified atom stereocenters. The van der Waals surface area contributed by atoms with Gasteiger partial charge in [0.1, 0.15) is 5.75 Å². The van der Waals surface area contributed by atoms with E-state index in [-0.39, 0.29) is 12.6 Å². The van der Waals surface area contributed by atoms with Gasteiger partial charge in [-0.2, -0.15) is 4.98 Å². The summed E-state index contributed by atoms with van der Waals surface area (Å²) in [4.78, 5) is 4.09. The van der Waals surface area contributed by atoms with Gasteiger partial charge in [-0.25, -0.2) is 0 Å². The van der Waals surface area contributed by atoms with E-state index in [0.29, 0.717) is 22.5 Å². The molecule has 0 bridgehead atoms. The first kappa shape index (κ1) is 11.9. The van der Waals surface area contributed by atoms with Gasteiger partial charge in [0.05, 0.1) is 6.04 Å². The van der Waals surface area contributed by atoms with Crippen molar-refractivity contribution < 1.29 is 9.26 Å². The van der Waals surface area contributed by atoms with Crippen molar-refractivity contribution in [3.63, 3.8) is 0 Å². The minimum atomic E-state index is -0.247. The van der Waals surface area contributed by atoms with E-state index >= 15 is 0 Å². The zero-order chi connectivity index (χ0) is 12.3. The summed E-state index contributed by atoms with van der Waals surface area (Å²) in [6, 6.07) is 6.79. The number of nitrogens with two attached hydrogens (primary N) is 1. The van der Waals surface area contributed by atoms with Gasteiger partial charge in [-0.1, -0.05) is 16.8 Å². The summed E-state index contributed by atoms with van der Waals surface area (Å²) in [5.41, 5.74) is 5.61. The van der Waals surface area contributed by atoms with Crippen LogP contribution in [0.4, 0.5) is 0 Å². The zero-order valence-electron chi connectivity index (χ0n) is 9.26. The van der Waals surface area contributed by atoms with Crippen LogP contribution in [0, 0.1) is 0 Å². The Morgan fingerprint density at radius 1 is 1.41 bits per heavy atom. The Balaban J connectivity index is 1.95. The predicted octanol–water partition coefficient (Wildman–Crippen LogP) is 2.32. The first-order valence-corrected chi connectivity index (χ1v) is 5.49. The number of ether oxygens (including phenoxy) is 1. The number of hydrogen-bond acceptors (Lipinski definition) is 5. The molecule has 90 valence electrons. The van der Waals surface area contributed by atoms with E-state index in [1.165, 1.54) is 0 Å². The lowest BCUT2D eigenvalue weighted by atomic mass is 10.3. The second-order valence-corrected chi connectivity index (χ2v) is 4.01. The molecule has 1 heterocycles. The van der Waals surface area contributed by atoms with Crippen molar-refractivity contribution in [1.29, 1.82) is 0 Å².